The summed E-state index contributed by atoms with van der Waals surface area (Å²) in [6.07, 6.45) is 1.41. The maximum Gasteiger partial charge on any atom is 0.326 e. The lowest BCUT2D eigenvalue weighted by molar-refractivity contribution is -0.144. The molecule has 0 spiro atoms. The van der Waals surface area contributed by atoms with Crippen LogP contribution in [-0.2, 0) is 28.8 Å². The zero-order valence-corrected chi connectivity index (χ0v) is 19.8. The maximum absolute atomic E-state index is 12.9. The van der Waals surface area contributed by atoms with Crippen molar-refractivity contribution in [3.63, 3.8) is 0 Å². The molecule has 0 saturated heterocycles. The molecule has 10 N–H and O–H groups in total. The fraction of sp³-hybridized carbons (Fsp3) is 0.684. The molecule has 0 aliphatic carbocycles. The monoisotopic (exact) mass is 490 g/mol. The Kier molecular flexibility index (Phi) is 13.7. The van der Waals surface area contributed by atoms with Crippen LogP contribution in [0.5, 0.6) is 0 Å². The van der Waals surface area contributed by atoms with Crippen LogP contribution in [-0.4, -0.2) is 76.8 Å². The lowest BCUT2D eigenvalue weighted by Gasteiger charge is -2.27. The van der Waals surface area contributed by atoms with E-state index in [1.807, 2.05) is 6.26 Å². The molecule has 0 aromatic heterocycles. The van der Waals surface area contributed by atoms with Crippen molar-refractivity contribution in [1.82, 2.24) is 16.0 Å². The second-order valence-electron chi connectivity index (χ2n) is 7.56. The Morgan fingerprint density at radius 3 is 1.85 bits per heavy atom. The normalized spacial score (nSPS) is 15.3. The third kappa shape index (κ3) is 11.5. The maximum atomic E-state index is 12.9. The Morgan fingerprint density at radius 2 is 1.39 bits per heavy atom. The van der Waals surface area contributed by atoms with Gasteiger partial charge in [-0.3, -0.25) is 24.0 Å². The first-order valence-corrected chi connectivity index (χ1v) is 11.7. The quantitative estimate of drug-likeness (QED) is 0.120. The SMILES string of the molecule is CCC(C)C(NC(=O)C(N)CCSC)C(=O)NC(CC(N)=O)C(=O)NC(CC(N)=O)C(=O)O. The second kappa shape index (κ2) is 15.1. The molecule has 0 rings (SSSR count). The number of carbonyl (C=O) groups is 6. The molecule has 0 radical (unpaired) electrons. The molecular formula is C19H34N6O7S. The fourth-order valence-electron chi connectivity index (χ4n) is 2.68. The van der Waals surface area contributed by atoms with Gasteiger partial charge in [0.2, 0.25) is 29.5 Å². The van der Waals surface area contributed by atoms with Gasteiger partial charge in [-0.15, -0.1) is 0 Å². The van der Waals surface area contributed by atoms with E-state index < -0.39 is 72.5 Å². The standard InChI is InChI=1S/C19H34N6O7S/c1-4-9(2)15(25-16(28)10(20)5-6-33-3)18(30)23-11(7-13(21)26)17(29)24-12(19(31)32)8-14(22)27/h9-12,15H,4-8,20H2,1-3H3,(H2,21,26)(H2,22,27)(H,23,30)(H,24,29)(H,25,28)(H,31,32). The van der Waals surface area contributed by atoms with Crippen molar-refractivity contribution >= 4 is 47.3 Å². The van der Waals surface area contributed by atoms with Crippen LogP contribution in [0.1, 0.15) is 39.5 Å². The first-order chi connectivity index (χ1) is 15.3. The average molecular weight is 491 g/mol. The molecule has 0 aliphatic rings. The average Bonchev–Trinajstić information content (AvgIpc) is 2.72. The Balaban J connectivity index is 5.55. The molecule has 0 saturated carbocycles. The molecule has 0 aromatic carbocycles. The van der Waals surface area contributed by atoms with Gasteiger partial charge in [-0.2, -0.15) is 11.8 Å². The minimum absolute atomic E-state index is 0.361. The summed E-state index contributed by atoms with van der Waals surface area (Å²) in [6.45, 7) is 3.49. The van der Waals surface area contributed by atoms with E-state index in [1.165, 1.54) is 11.8 Å². The number of nitrogens with two attached hydrogens (primary N) is 3. The highest BCUT2D eigenvalue weighted by atomic mass is 32.2. The Morgan fingerprint density at radius 1 is 0.879 bits per heavy atom. The van der Waals surface area contributed by atoms with Crippen LogP contribution >= 0.6 is 11.8 Å². The predicted molar refractivity (Wildman–Crippen MR) is 121 cm³/mol. The topological polar surface area (TPSA) is 237 Å². The smallest absolute Gasteiger partial charge is 0.326 e. The summed E-state index contributed by atoms with van der Waals surface area (Å²) in [5, 5.41) is 16.1. The molecule has 0 aromatic rings. The number of amides is 5. The highest BCUT2D eigenvalue weighted by Gasteiger charge is 2.33. The van der Waals surface area contributed by atoms with E-state index in [-0.39, 0.29) is 5.92 Å². The molecule has 5 amide bonds. The third-order valence-electron chi connectivity index (χ3n) is 4.82. The van der Waals surface area contributed by atoms with Gasteiger partial charge in [0, 0.05) is 0 Å². The molecule has 5 atom stereocenters. The number of rotatable bonds is 16. The van der Waals surface area contributed by atoms with E-state index in [0.717, 1.165) is 0 Å². The number of aliphatic carboxylic acids is 1. The van der Waals surface area contributed by atoms with Gasteiger partial charge < -0.3 is 38.3 Å². The number of carboxylic acids is 1. The number of nitrogens with one attached hydrogen (secondary N) is 3. The zero-order chi connectivity index (χ0) is 25.7. The minimum Gasteiger partial charge on any atom is -0.480 e. The van der Waals surface area contributed by atoms with Gasteiger partial charge in [-0.1, -0.05) is 20.3 Å². The van der Waals surface area contributed by atoms with Crippen LogP contribution in [0.3, 0.4) is 0 Å². The zero-order valence-electron chi connectivity index (χ0n) is 19.0. The van der Waals surface area contributed by atoms with Crippen molar-refractivity contribution in [2.45, 2.75) is 63.7 Å². The van der Waals surface area contributed by atoms with Gasteiger partial charge in [0.05, 0.1) is 18.9 Å². The van der Waals surface area contributed by atoms with Crippen LogP contribution in [0.4, 0.5) is 0 Å². The minimum atomic E-state index is -1.67. The molecule has 14 heteroatoms. The van der Waals surface area contributed by atoms with Crippen LogP contribution in [0.2, 0.25) is 0 Å². The molecule has 13 nitrogen and oxygen atoms in total. The van der Waals surface area contributed by atoms with Crippen molar-refractivity contribution in [3.05, 3.63) is 0 Å². The summed E-state index contributed by atoms with van der Waals surface area (Å²) in [4.78, 5) is 71.7. The van der Waals surface area contributed by atoms with Crippen molar-refractivity contribution < 1.29 is 33.9 Å². The number of thioether (sulfide) groups is 1. The van der Waals surface area contributed by atoms with Gasteiger partial charge in [0.15, 0.2) is 0 Å². The fourth-order valence-corrected chi connectivity index (χ4v) is 3.17. The number of carboxylic acid groups (broad SMARTS) is 1. The van der Waals surface area contributed by atoms with E-state index in [4.69, 9.17) is 22.3 Å². The summed E-state index contributed by atoms with van der Waals surface area (Å²) in [5.41, 5.74) is 16.0. The van der Waals surface area contributed by atoms with E-state index in [9.17, 15) is 28.8 Å². The number of carbonyl (C=O) groups excluding carboxylic acids is 5. The molecule has 188 valence electrons. The Hall–Kier alpha value is -2.87. The van der Waals surface area contributed by atoms with Gasteiger partial charge in [0.25, 0.3) is 0 Å². The van der Waals surface area contributed by atoms with Crippen LogP contribution in [0, 0.1) is 5.92 Å². The highest BCUT2D eigenvalue weighted by molar-refractivity contribution is 7.98. The second-order valence-corrected chi connectivity index (χ2v) is 8.55. The van der Waals surface area contributed by atoms with Crippen LogP contribution in [0.15, 0.2) is 0 Å². The van der Waals surface area contributed by atoms with Crippen molar-refractivity contribution in [2.24, 2.45) is 23.1 Å². The van der Waals surface area contributed by atoms with Crippen LogP contribution < -0.4 is 33.2 Å². The Bertz CT molecular complexity index is 735. The summed E-state index contributed by atoms with van der Waals surface area (Å²) in [6, 6.07) is -5.13. The van der Waals surface area contributed by atoms with E-state index in [1.54, 1.807) is 13.8 Å². The lowest BCUT2D eigenvalue weighted by Crippen LogP contribution is -2.59. The van der Waals surface area contributed by atoms with Crippen molar-refractivity contribution in [2.75, 3.05) is 12.0 Å². The van der Waals surface area contributed by atoms with Gasteiger partial charge >= 0.3 is 5.97 Å². The number of hydrogen-bond acceptors (Lipinski definition) is 8. The summed E-state index contributed by atoms with van der Waals surface area (Å²) in [5.74, 6) is -5.55. The molecular weight excluding hydrogens is 456 g/mol. The van der Waals surface area contributed by atoms with Crippen LogP contribution in [0.25, 0.3) is 0 Å². The van der Waals surface area contributed by atoms with E-state index in [0.29, 0.717) is 18.6 Å². The molecule has 0 fully saturated rings. The van der Waals surface area contributed by atoms with E-state index in [2.05, 4.69) is 16.0 Å². The molecule has 5 unspecified atom stereocenters. The highest BCUT2D eigenvalue weighted by Crippen LogP contribution is 2.10. The lowest BCUT2D eigenvalue weighted by atomic mass is 9.97. The summed E-state index contributed by atoms with van der Waals surface area (Å²) < 4.78 is 0. The largest absolute Gasteiger partial charge is 0.480 e. The van der Waals surface area contributed by atoms with E-state index >= 15 is 0 Å². The third-order valence-corrected chi connectivity index (χ3v) is 5.47. The summed E-state index contributed by atoms with van der Waals surface area (Å²) in [7, 11) is 0. The summed E-state index contributed by atoms with van der Waals surface area (Å²) >= 11 is 1.51. The molecule has 33 heavy (non-hydrogen) atoms. The predicted octanol–water partition coefficient (Wildman–Crippen LogP) is -2.60. The number of hydrogen-bond donors (Lipinski definition) is 7. The van der Waals surface area contributed by atoms with Gasteiger partial charge in [-0.25, -0.2) is 4.79 Å². The first-order valence-electron chi connectivity index (χ1n) is 10.3. The first kappa shape index (κ1) is 30.1. The van der Waals surface area contributed by atoms with Crippen molar-refractivity contribution in [1.29, 1.82) is 0 Å². The molecule has 0 heterocycles. The van der Waals surface area contributed by atoms with Crippen molar-refractivity contribution in [3.8, 4) is 0 Å². The Labute approximate surface area is 196 Å². The molecule has 0 bridgehead atoms. The number of primary amides is 2. The molecule has 0 aliphatic heterocycles. The van der Waals surface area contributed by atoms with Gasteiger partial charge in [0.1, 0.15) is 18.1 Å². The van der Waals surface area contributed by atoms with Gasteiger partial charge in [-0.05, 0) is 24.3 Å².